The van der Waals surface area contributed by atoms with Crippen LogP contribution in [0, 0.1) is 5.92 Å². The molecule has 1 amide bonds. The molecule has 1 aromatic carbocycles. The van der Waals surface area contributed by atoms with Crippen LogP contribution in [0.1, 0.15) is 50.8 Å². The minimum absolute atomic E-state index is 0. The zero-order chi connectivity index (χ0) is 14.0. The average Bonchev–Trinajstić information content (AvgIpc) is 3.09. The molecule has 1 fully saturated rings. The molecule has 112 valence electrons. The standard InChI is InChI=1S/C16H24N2O.ClH/c1-11(2)10-13-4-6-14(7-5-13)12(3)18-15(19)16(17)8-9-16;/h4-7,11-12H,8-10,17H2,1-3H3,(H,18,19);1H. The van der Waals surface area contributed by atoms with E-state index in [1.807, 2.05) is 6.92 Å². The number of hydrogen-bond acceptors (Lipinski definition) is 2. The summed E-state index contributed by atoms with van der Waals surface area (Å²) in [4.78, 5) is 11.9. The van der Waals surface area contributed by atoms with Crippen molar-refractivity contribution < 1.29 is 4.79 Å². The summed E-state index contributed by atoms with van der Waals surface area (Å²) in [5.74, 6) is 0.640. The van der Waals surface area contributed by atoms with Gasteiger partial charge in [0.25, 0.3) is 0 Å². The van der Waals surface area contributed by atoms with Gasteiger partial charge in [-0.25, -0.2) is 0 Å². The highest BCUT2D eigenvalue weighted by Crippen LogP contribution is 2.32. The van der Waals surface area contributed by atoms with E-state index < -0.39 is 5.54 Å². The third-order valence-corrected chi connectivity index (χ3v) is 3.71. The lowest BCUT2D eigenvalue weighted by atomic mass is 10.00. The van der Waals surface area contributed by atoms with Gasteiger partial charge in [-0.2, -0.15) is 0 Å². The maximum Gasteiger partial charge on any atom is 0.240 e. The average molecular weight is 297 g/mol. The zero-order valence-electron chi connectivity index (χ0n) is 12.5. The summed E-state index contributed by atoms with van der Waals surface area (Å²) < 4.78 is 0. The first-order chi connectivity index (χ1) is 8.90. The van der Waals surface area contributed by atoms with Crippen LogP contribution >= 0.6 is 12.4 Å². The number of halogens is 1. The Kier molecular flexibility index (Phi) is 5.60. The second kappa shape index (κ2) is 6.59. The number of amides is 1. The van der Waals surface area contributed by atoms with Crippen LogP contribution in [0.5, 0.6) is 0 Å². The van der Waals surface area contributed by atoms with Crippen LogP contribution in [0.2, 0.25) is 0 Å². The molecular weight excluding hydrogens is 272 g/mol. The first kappa shape index (κ1) is 17.0. The topological polar surface area (TPSA) is 55.1 Å². The van der Waals surface area contributed by atoms with Gasteiger partial charge in [-0.3, -0.25) is 4.79 Å². The van der Waals surface area contributed by atoms with Crippen molar-refractivity contribution in [1.29, 1.82) is 0 Å². The van der Waals surface area contributed by atoms with E-state index >= 15 is 0 Å². The van der Waals surface area contributed by atoms with Gasteiger partial charge >= 0.3 is 0 Å². The Morgan fingerprint density at radius 1 is 1.25 bits per heavy atom. The van der Waals surface area contributed by atoms with Gasteiger partial charge in [-0.1, -0.05) is 38.1 Å². The molecule has 0 bridgehead atoms. The van der Waals surface area contributed by atoms with Gasteiger partial charge in [0.15, 0.2) is 0 Å². The van der Waals surface area contributed by atoms with E-state index in [9.17, 15) is 4.79 Å². The molecule has 0 heterocycles. The molecule has 0 radical (unpaired) electrons. The van der Waals surface area contributed by atoms with Crippen molar-refractivity contribution in [3.63, 3.8) is 0 Å². The van der Waals surface area contributed by atoms with Crippen LogP contribution in [0.15, 0.2) is 24.3 Å². The molecule has 3 nitrogen and oxygen atoms in total. The molecule has 1 aliphatic carbocycles. The van der Waals surface area contributed by atoms with Crippen molar-refractivity contribution in [3.05, 3.63) is 35.4 Å². The molecule has 1 saturated carbocycles. The Labute approximate surface area is 127 Å². The molecular formula is C16H25ClN2O. The quantitative estimate of drug-likeness (QED) is 0.877. The smallest absolute Gasteiger partial charge is 0.240 e. The van der Waals surface area contributed by atoms with Gasteiger partial charge in [0, 0.05) is 0 Å². The maximum atomic E-state index is 11.9. The van der Waals surface area contributed by atoms with Crippen LogP contribution in [-0.2, 0) is 11.2 Å². The number of nitrogens with two attached hydrogens (primary N) is 1. The second-order valence-electron chi connectivity index (χ2n) is 6.19. The lowest BCUT2D eigenvalue weighted by Crippen LogP contribution is -2.43. The largest absolute Gasteiger partial charge is 0.348 e. The molecule has 1 unspecified atom stereocenters. The van der Waals surface area contributed by atoms with Gasteiger partial charge in [-0.05, 0) is 43.2 Å². The van der Waals surface area contributed by atoms with E-state index in [4.69, 9.17) is 5.73 Å². The van der Waals surface area contributed by atoms with Crippen molar-refractivity contribution in [3.8, 4) is 0 Å². The van der Waals surface area contributed by atoms with Crippen molar-refractivity contribution in [2.24, 2.45) is 11.7 Å². The molecule has 1 atom stereocenters. The predicted molar refractivity (Wildman–Crippen MR) is 84.9 cm³/mol. The second-order valence-corrected chi connectivity index (χ2v) is 6.19. The zero-order valence-corrected chi connectivity index (χ0v) is 13.3. The lowest BCUT2D eigenvalue weighted by molar-refractivity contribution is -0.123. The third kappa shape index (κ3) is 4.22. The van der Waals surface area contributed by atoms with Crippen LogP contribution in [0.3, 0.4) is 0 Å². The van der Waals surface area contributed by atoms with E-state index in [0.717, 1.165) is 24.8 Å². The first-order valence-electron chi connectivity index (χ1n) is 7.09. The summed E-state index contributed by atoms with van der Waals surface area (Å²) in [6.07, 6.45) is 2.70. The highest BCUT2D eigenvalue weighted by molar-refractivity contribution is 5.89. The molecule has 4 heteroatoms. The Hall–Kier alpha value is -1.06. The summed E-state index contributed by atoms with van der Waals surface area (Å²) in [6, 6.07) is 8.50. The van der Waals surface area contributed by atoms with Crippen LogP contribution in [-0.4, -0.2) is 11.4 Å². The first-order valence-corrected chi connectivity index (χ1v) is 7.09. The van der Waals surface area contributed by atoms with Gasteiger partial charge < -0.3 is 11.1 Å². The fourth-order valence-corrected chi connectivity index (χ4v) is 2.20. The summed E-state index contributed by atoms with van der Waals surface area (Å²) in [5, 5.41) is 2.99. The molecule has 20 heavy (non-hydrogen) atoms. The maximum absolute atomic E-state index is 11.9. The van der Waals surface area contributed by atoms with Gasteiger partial charge in [0.2, 0.25) is 5.91 Å². The van der Waals surface area contributed by atoms with Crippen molar-refractivity contribution in [2.45, 2.75) is 51.6 Å². The SMILES string of the molecule is CC(C)Cc1ccc(C(C)NC(=O)C2(N)CC2)cc1.Cl. The summed E-state index contributed by atoms with van der Waals surface area (Å²) in [5.41, 5.74) is 7.76. The van der Waals surface area contributed by atoms with Crippen molar-refractivity contribution >= 4 is 18.3 Å². The van der Waals surface area contributed by atoms with E-state index in [2.05, 4.69) is 43.4 Å². The number of carbonyl (C=O) groups is 1. The Morgan fingerprint density at radius 2 is 1.80 bits per heavy atom. The number of carbonyl (C=O) groups excluding carboxylic acids is 1. The van der Waals surface area contributed by atoms with Crippen LogP contribution in [0.4, 0.5) is 0 Å². The fourth-order valence-electron chi connectivity index (χ4n) is 2.20. The van der Waals surface area contributed by atoms with Crippen LogP contribution in [0.25, 0.3) is 0 Å². The molecule has 0 spiro atoms. The number of nitrogens with one attached hydrogen (secondary N) is 1. The minimum atomic E-state index is -0.591. The van der Waals surface area contributed by atoms with Crippen molar-refractivity contribution in [2.75, 3.05) is 0 Å². The fraction of sp³-hybridized carbons (Fsp3) is 0.562. The van der Waals surface area contributed by atoms with E-state index in [1.165, 1.54) is 5.56 Å². The van der Waals surface area contributed by atoms with Gasteiger partial charge in [0.05, 0.1) is 11.6 Å². The lowest BCUT2D eigenvalue weighted by Gasteiger charge is -2.17. The minimum Gasteiger partial charge on any atom is -0.348 e. The third-order valence-electron chi connectivity index (χ3n) is 3.71. The normalized spacial score (nSPS) is 17.2. The summed E-state index contributed by atoms with van der Waals surface area (Å²) in [7, 11) is 0. The molecule has 1 aromatic rings. The van der Waals surface area contributed by atoms with E-state index in [0.29, 0.717) is 5.92 Å². The van der Waals surface area contributed by atoms with E-state index in [1.54, 1.807) is 0 Å². The van der Waals surface area contributed by atoms with Crippen LogP contribution < -0.4 is 11.1 Å². The highest BCUT2D eigenvalue weighted by Gasteiger charge is 2.46. The van der Waals surface area contributed by atoms with Gasteiger partial charge in [-0.15, -0.1) is 12.4 Å². The molecule has 1 aliphatic rings. The number of rotatable bonds is 5. The number of hydrogen-bond donors (Lipinski definition) is 2. The Balaban J connectivity index is 0.00000200. The summed E-state index contributed by atoms with van der Waals surface area (Å²) in [6.45, 7) is 6.43. The molecule has 0 saturated heterocycles. The molecule has 0 aromatic heterocycles. The summed E-state index contributed by atoms with van der Waals surface area (Å²) >= 11 is 0. The number of benzene rings is 1. The highest BCUT2D eigenvalue weighted by atomic mass is 35.5. The molecule has 0 aliphatic heterocycles. The Bertz CT molecular complexity index is 452. The monoisotopic (exact) mass is 296 g/mol. The molecule has 3 N–H and O–H groups in total. The molecule has 2 rings (SSSR count). The van der Waals surface area contributed by atoms with Gasteiger partial charge in [0.1, 0.15) is 0 Å². The Morgan fingerprint density at radius 3 is 2.25 bits per heavy atom. The van der Waals surface area contributed by atoms with E-state index in [-0.39, 0.29) is 24.4 Å². The predicted octanol–water partition coefficient (Wildman–Crippen LogP) is 2.98. The van der Waals surface area contributed by atoms with Crippen molar-refractivity contribution in [1.82, 2.24) is 5.32 Å².